The van der Waals surface area contributed by atoms with Gasteiger partial charge in [0.2, 0.25) is 0 Å². The lowest BCUT2D eigenvalue weighted by Gasteiger charge is -2.44. The van der Waals surface area contributed by atoms with E-state index >= 15 is 0 Å². The molecule has 24 heavy (non-hydrogen) atoms. The van der Waals surface area contributed by atoms with E-state index in [0.717, 1.165) is 0 Å². The van der Waals surface area contributed by atoms with Crippen LogP contribution in [0.3, 0.4) is 0 Å². The van der Waals surface area contributed by atoms with Crippen molar-refractivity contribution in [3.63, 3.8) is 0 Å². The van der Waals surface area contributed by atoms with Gasteiger partial charge in [-0.15, -0.1) is 23.5 Å². The van der Waals surface area contributed by atoms with Gasteiger partial charge in [-0.25, -0.2) is 0 Å². The number of fused-ring (bicyclic) bond motifs is 5. The molecule has 2 aliphatic heterocycles. The number of rotatable bonds is 0. The zero-order valence-corrected chi connectivity index (χ0v) is 16.1. The second-order valence-electron chi connectivity index (χ2n) is 7.35. The first-order valence-corrected chi connectivity index (χ1v) is 10.1. The number of thioether (sulfide) groups is 2. The lowest BCUT2D eigenvalue weighted by Crippen LogP contribution is -2.53. The van der Waals surface area contributed by atoms with Crippen LogP contribution in [0.5, 0.6) is 0 Å². The van der Waals surface area contributed by atoms with Crippen molar-refractivity contribution in [1.29, 1.82) is 0 Å². The Morgan fingerprint density at radius 2 is 1.29 bits per heavy atom. The minimum absolute atomic E-state index is 0.0889. The third kappa shape index (κ3) is 1.69. The maximum absolute atomic E-state index is 2.44. The Bertz CT molecular complexity index is 1060. The van der Waals surface area contributed by atoms with Crippen molar-refractivity contribution >= 4 is 34.7 Å². The van der Waals surface area contributed by atoms with E-state index in [2.05, 4.69) is 76.2 Å². The summed E-state index contributed by atoms with van der Waals surface area (Å²) < 4.78 is 0.183. The monoisotopic (exact) mass is 348 g/mol. The fourth-order valence-electron chi connectivity index (χ4n) is 4.56. The summed E-state index contributed by atoms with van der Waals surface area (Å²) in [6.45, 7) is 9.39. The van der Waals surface area contributed by atoms with Gasteiger partial charge < -0.3 is 0 Å². The Balaban J connectivity index is 2.06. The largest absolute Gasteiger partial charge is 0.118 e. The van der Waals surface area contributed by atoms with Crippen LogP contribution in [0.4, 0.5) is 0 Å². The summed E-state index contributed by atoms with van der Waals surface area (Å²) in [5, 5.41) is 2.83. The molecule has 0 amide bonds. The van der Waals surface area contributed by atoms with Crippen LogP contribution in [-0.2, 0) is 0 Å². The van der Waals surface area contributed by atoms with Gasteiger partial charge in [-0.3, -0.25) is 0 Å². The molecule has 0 bridgehead atoms. The maximum Gasteiger partial charge on any atom is 0.0618 e. The molecule has 3 aliphatic carbocycles. The molecule has 0 aromatic rings. The topological polar surface area (TPSA) is 0 Å². The van der Waals surface area contributed by atoms with Crippen LogP contribution in [0.15, 0.2) is 58.4 Å². The smallest absolute Gasteiger partial charge is 0.0618 e. The van der Waals surface area contributed by atoms with E-state index in [1.165, 1.54) is 42.5 Å². The fourth-order valence-corrected chi connectivity index (χ4v) is 7.62. The molecule has 0 radical (unpaired) electrons. The van der Waals surface area contributed by atoms with Crippen LogP contribution in [-0.4, -0.2) is 9.49 Å². The van der Waals surface area contributed by atoms with Gasteiger partial charge in [0.25, 0.3) is 0 Å². The highest BCUT2D eigenvalue weighted by Gasteiger charge is 2.56. The highest BCUT2D eigenvalue weighted by molar-refractivity contribution is 8.09. The molecular weight excluding hydrogens is 328 g/mol. The quantitative estimate of drug-likeness (QED) is 0.662. The average molecular weight is 349 g/mol. The highest BCUT2D eigenvalue weighted by Crippen LogP contribution is 2.63. The minimum atomic E-state index is 0.0889. The average Bonchev–Trinajstić information content (AvgIpc) is 3.13. The van der Waals surface area contributed by atoms with E-state index < -0.39 is 0 Å². The van der Waals surface area contributed by atoms with Gasteiger partial charge in [0.05, 0.1) is 9.49 Å². The molecule has 0 N–H and O–H groups in total. The summed E-state index contributed by atoms with van der Waals surface area (Å²) in [5.41, 5.74) is 5.66. The molecule has 2 heteroatoms. The highest BCUT2D eigenvalue weighted by atomic mass is 32.2. The molecule has 0 aromatic heterocycles. The molecule has 0 nitrogen and oxygen atoms in total. The van der Waals surface area contributed by atoms with Crippen molar-refractivity contribution in [2.45, 2.75) is 37.2 Å². The van der Waals surface area contributed by atoms with Crippen molar-refractivity contribution in [3.8, 4) is 11.1 Å². The van der Waals surface area contributed by atoms with E-state index in [9.17, 15) is 0 Å². The van der Waals surface area contributed by atoms with Gasteiger partial charge in [0.15, 0.2) is 0 Å². The predicted molar refractivity (Wildman–Crippen MR) is 109 cm³/mol. The zero-order chi connectivity index (χ0) is 16.7. The molecule has 5 aliphatic rings. The van der Waals surface area contributed by atoms with Gasteiger partial charge >= 0.3 is 0 Å². The van der Waals surface area contributed by atoms with E-state index in [1.807, 2.05) is 23.5 Å². The van der Waals surface area contributed by atoms with Crippen molar-refractivity contribution in [1.82, 2.24) is 0 Å². The lowest BCUT2D eigenvalue weighted by atomic mass is 9.76. The minimum Gasteiger partial charge on any atom is -0.118 e. The molecule has 5 rings (SSSR count). The van der Waals surface area contributed by atoms with Gasteiger partial charge in [-0.2, -0.15) is 0 Å². The Labute approximate surface area is 151 Å². The molecule has 0 spiro atoms. The van der Waals surface area contributed by atoms with Gasteiger partial charge in [-0.1, -0.05) is 30.3 Å². The molecule has 2 heterocycles. The van der Waals surface area contributed by atoms with Gasteiger partial charge in [0, 0.05) is 0 Å². The van der Waals surface area contributed by atoms with Gasteiger partial charge in [0.1, 0.15) is 0 Å². The second-order valence-corrected chi connectivity index (χ2v) is 10.7. The standard InChI is InChI=1S/C22H20S2/c1-13-10-19-17-9-8-15-6-5-7-16(15)12-18(17)20-11-14(2)24-22(20,4)21(19,3)23-13/h5-12H,1-4H3/t21-,22-/m1/s1. The van der Waals surface area contributed by atoms with Crippen LogP contribution in [0.1, 0.15) is 27.7 Å². The van der Waals surface area contributed by atoms with E-state index in [-0.39, 0.29) is 9.49 Å². The maximum atomic E-state index is 2.44. The van der Waals surface area contributed by atoms with Crippen LogP contribution in [0, 0.1) is 0 Å². The normalized spacial score (nSPS) is 30.8. The molecule has 0 saturated heterocycles. The molecule has 2 atom stereocenters. The Kier molecular flexibility index (Phi) is 2.87. The van der Waals surface area contributed by atoms with E-state index in [4.69, 9.17) is 0 Å². The van der Waals surface area contributed by atoms with E-state index in [1.54, 1.807) is 0 Å². The number of hydrogen-bond acceptors (Lipinski definition) is 2. The summed E-state index contributed by atoms with van der Waals surface area (Å²) >= 11 is 4.09. The SMILES string of the molecule is CC1=CC2=c3ccc4cccc-4cc3=C3C=C(C)S[C@@]3(C)[C@]2(C)S1. The summed E-state index contributed by atoms with van der Waals surface area (Å²) in [7, 11) is 0. The second kappa shape index (κ2) is 4.62. The summed E-state index contributed by atoms with van der Waals surface area (Å²) in [4.78, 5) is 2.85. The molecule has 0 aromatic carbocycles. The molecule has 0 unspecified atom stereocenters. The third-order valence-electron chi connectivity index (χ3n) is 5.85. The van der Waals surface area contributed by atoms with Crippen LogP contribution in [0.2, 0.25) is 0 Å². The molecule has 0 fully saturated rings. The third-order valence-corrected chi connectivity index (χ3v) is 8.93. The first-order chi connectivity index (χ1) is 11.4. The number of allylic oxidation sites excluding steroid dienone is 4. The summed E-state index contributed by atoms with van der Waals surface area (Å²) in [6, 6.07) is 13.6. The van der Waals surface area contributed by atoms with Crippen molar-refractivity contribution in [2.75, 3.05) is 0 Å². The Morgan fingerprint density at radius 3 is 1.96 bits per heavy atom. The van der Waals surface area contributed by atoms with Crippen LogP contribution >= 0.6 is 23.5 Å². The van der Waals surface area contributed by atoms with Crippen molar-refractivity contribution in [3.05, 3.63) is 68.8 Å². The first kappa shape index (κ1) is 14.9. The van der Waals surface area contributed by atoms with E-state index in [0.29, 0.717) is 0 Å². The Hall–Kier alpha value is -1.38. The zero-order valence-electron chi connectivity index (χ0n) is 14.4. The number of hydrogen-bond donors (Lipinski definition) is 0. The fraction of sp³-hybridized carbons (Fsp3) is 0.273. The summed E-state index contributed by atoms with van der Waals surface area (Å²) in [5.74, 6) is 0. The van der Waals surface area contributed by atoms with Gasteiger partial charge in [-0.05, 0) is 88.4 Å². The van der Waals surface area contributed by atoms with Crippen LogP contribution < -0.4 is 10.4 Å². The Morgan fingerprint density at radius 1 is 0.708 bits per heavy atom. The molecule has 120 valence electrons. The lowest BCUT2D eigenvalue weighted by molar-refractivity contribution is 0.689. The predicted octanol–water partition coefficient (Wildman–Crippen LogP) is 4.93. The molecule has 0 saturated carbocycles. The first-order valence-electron chi connectivity index (χ1n) is 8.45. The molecular formula is C22H20S2. The summed E-state index contributed by atoms with van der Waals surface area (Å²) in [6.07, 6.45) is 4.85. The van der Waals surface area contributed by atoms with Crippen LogP contribution in [0.25, 0.3) is 22.3 Å². The van der Waals surface area contributed by atoms with Crippen molar-refractivity contribution < 1.29 is 0 Å². The van der Waals surface area contributed by atoms with Crippen molar-refractivity contribution in [2.24, 2.45) is 0 Å².